The van der Waals surface area contributed by atoms with Gasteiger partial charge in [0, 0.05) is 46.6 Å². The van der Waals surface area contributed by atoms with Crippen molar-refractivity contribution < 1.29 is 0 Å². The molecule has 0 radical (unpaired) electrons. The number of hydrogen-bond donors (Lipinski definition) is 2. The van der Waals surface area contributed by atoms with E-state index in [1.807, 2.05) is 0 Å². The summed E-state index contributed by atoms with van der Waals surface area (Å²) in [5.74, 6) is 1.03. The van der Waals surface area contributed by atoms with E-state index in [1.54, 1.807) is 0 Å². The smallest absolute Gasteiger partial charge is 0.203 e. The second kappa shape index (κ2) is 18.6. The monoisotopic (exact) mass is 711 g/mol. The van der Waals surface area contributed by atoms with Gasteiger partial charge in [-0.15, -0.1) is 0 Å². The summed E-state index contributed by atoms with van der Waals surface area (Å²) in [7, 11) is 0. The fraction of sp³-hybridized carbons (Fsp3) is 0.362. The maximum atomic E-state index is 9.19. The summed E-state index contributed by atoms with van der Waals surface area (Å²) >= 11 is 0. The van der Waals surface area contributed by atoms with Crippen LogP contribution in [0.5, 0.6) is 0 Å². The van der Waals surface area contributed by atoms with Crippen LogP contribution in [-0.2, 0) is 12.8 Å². The number of fused-ring (bicyclic) bond motifs is 1. The van der Waals surface area contributed by atoms with Gasteiger partial charge in [0.05, 0.1) is 5.69 Å². The predicted octanol–water partition coefficient (Wildman–Crippen LogP) is 12.1. The molecule has 0 aromatic heterocycles. The van der Waals surface area contributed by atoms with E-state index in [0.29, 0.717) is 11.9 Å². The molecule has 0 saturated carbocycles. The molecule has 53 heavy (non-hydrogen) atoms. The molecule has 0 aliphatic heterocycles. The van der Waals surface area contributed by atoms with Crippen molar-refractivity contribution in [3.05, 3.63) is 132 Å². The predicted molar refractivity (Wildman–Crippen MR) is 233 cm³/mol. The van der Waals surface area contributed by atoms with Crippen LogP contribution < -0.4 is 19.6 Å². The number of nitrogens with zero attached hydrogens (tertiary/aromatic N) is 4. The van der Waals surface area contributed by atoms with Crippen molar-refractivity contribution in [2.75, 3.05) is 19.6 Å². The summed E-state index contributed by atoms with van der Waals surface area (Å²) in [6, 6.07) is 40.9. The number of aryl methyl sites for hydroxylation is 3. The van der Waals surface area contributed by atoms with Crippen LogP contribution in [0, 0.1) is 17.7 Å². The summed E-state index contributed by atoms with van der Waals surface area (Å²) in [6.45, 7) is 23.6. The number of nitrogens with one attached hydrogen (secondary N) is 2. The van der Waals surface area contributed by atoms with Crippen molar-refractivity contribution in [3.8, 4) is 0 Å². The van der Waals surface area contributed by atoms with Crippen molar-refractivity contribution in [3.63, 3.8) is 0 Å². The average Bonchev–Trinajstić information content (AvgIpc) is 3.12. The second-order valence-electron chi connectivity index (χ2n) is 14.9. The van der Waals surface area contributed by atoms with Crippen LogP contribution in [-0.4, -0.2) is 36.1 Å². The molecule has 2 N–H and O–H groups in total. The fourth-order valence-corrected chi connectivity index (χ4v) is 6.91. The van der Waals surface area contributed by atoms with Gasteiger partial charge in [0.1, 0.15) is 0 Å². The minimum atomic E-state index is 0.161. The SMILES string of the molecule is CCc1cccc(N(C(=N)N(c2cccc(C)c2)C(C)C)C(C)C)c1.CCc1cccc(N(C(=N)N(c2cccc3ccccc23)C(C)C)C(C)C)c1. The molecule has 0 heterocycles. The second-order valence-corrected chi connectivity index (χ2v) is 14.9. The van der Waals surface area contributed by atoms with E-state index < -0.39 is 0 Å². The number of anilines is 4. The van der Waals surface area contributed by atoms with Gasteiger partial charge in [-0.25, -0.2) is 0 Å². The molecule has 0 atom stereocenters. The highest BCUT2D eigenvalue weighted by Gasteiger charge is 2.27. The van der Waals surface area contributed by atoms with Crippen molar-refractivity contribution in [1.29, 1.82) is 10.8 Å². The normalized spacial score (nSPS) is 11.2. The highest BCUT2D eigenvalue weighted by atomic mass is 15.4. The van der Waals surface area contributed by atoms with Gasteiger partial charge in [-0.05, 0) is 140 Å². The molecule has 0 amide bonds. The number of guanidine groups is 2. The highest BCUT2D eigenvalue weighted by molar-refractivity contribution is 6.10. The van der Waals surface area contributed by atoms with E-state index in [0.717, 1.165) is 35.6 Å². The Bertz CT molecular complexity index is 1950. The Labute approximate surface area is 320 Å². The third-order valence-corrected chi connectivity index (χ3v) is 9.48. The molecule has 0 aliphatic carbocycles. The van der Waals surface area contributed by atoms with Crippen LogP contribution in [0.25, 0.3) is 10.8 Å². The maximum Gasteiger partial charge on any atom is 0.203 e. The summed E-state index contributed by atoms with van der Waals surface area (Å²) in [5, 5.41) is 20.6. The first-order chi connectivity index (χ1) is 25.3. The molecule has 5 rings (SSSR count). The molecular formula is C47H62N6. The molecule has 0 fully saturated rings. The lowest BCUT2D eigenvalue weighted by Gasteiger charge is -2.38. The quantitative estimate of drug-likeness (QED) is 0.112. The molecule has 0 unspecified atom stereocenters. The summed E-state index contributed by atoms with van der Waals surface area (Å²) in [4.78, 5) is 8.48. The van der Waals surface area contributed by atoms with Crippen LogP contribution in [0.2, 0.25) is 0 Å². The number of hydrogen-bond acceptors (Lipinski definition) is 2. The van der Waals surface area contributed by atoms with Gasteiger partial charge in [0.2, 0.25) is 11.9 Å². The maximum absolute atomic E-state index is 9.19. The Hall–Kier alpha value is -5.10. The van der Waals surface area contributed by atoms with E-state index in [1.165, 1.54) is 27.5 Å². The largest absolute Gasteiger partial charge is 0.310 e. The Morgan fingerprint density at radius 1 is 0.472 bits per heavy atom. The van der Waals surface area contributed by atoms with Crippen LogP contribution in [0.1, 0.15) is 85.9 Å². The lowest BCUT2D eigenvalue weighted by Crippen LogP contribution is -2.50. The molecule has 0 bridgehead atoms. The van der Waals surface area contributed by atoms with Gasteiger partial charge in [0.15, 0.2) is 0 Å². The van der Waals surface area contributed by atoms with Crippen LogP contribution in [0.15, 0.2) is 115 Å². The topological polar surface area (TPSA) is 60.7 Å². The zero-order valence-corrected chi connectivity index (χ0v) is 34.0. The lowest BCUT2D eigenvalue weighted by atomic mass is 10.1. The van der Waals surface area contributed by atoms with E-state index >= 15 is 0 Å². The van der Waals surface area contributed by atoms with E-state index in [2.05, 4.69) is 211 Å². The Morgan fingerprint density at radius 3 is 1.32 bits per heavy atom. The van der Waals surface area contributed by atoms with Crippen molar-refractivity contribution in [1.82, 2.24) is 0 Å². The summed E-state index contributed by atoms with van der Waals surface area (Å²) in [5.41, 5.74) is 8.09. The van der Waals surface area contributed by atoms with Crippen LogP contribution >= 0.6 is 0 Å². The van der Waals surface area contributed by atoms with Gasteiger partial charge in [-0.1, -0.05) is 86.6 Å². The fourth-order valence-electron chi connectivity index (χ4n) is 6.91. The molecule has 6 nitrogen and oxygen atoms in total. The summed E-state index contributed by atoms with van der Waals surface area (Å²) < 4.78 is 0. The first-order valence-electron chi connectivity index (χ1n) is 19.3. The molecule has 0 aliphatic rings. The molecule has 0 saturated heterocycles. The highest BCUT2D eigenvalue weighted by Crippen LogP contribution is 2.31. The average molecular weight is 711 g/mol. The van der Waals surface area contributed by atoms with Crippen molar-refractivity contribution in [2.45, 2.75) is 113 Å². The Kier molecular flexibility index (Phi) is 14.3. The molecule has 5 aromatic rings. The third kappa shape index (κ3) is 9.87. The van der Waals surface area contributed by atoms with E-state index in [9.17, 15) is 5.41 Å². The first kappa shape index (κ1) is 40.7. The van der Waals surface area contributed by atoms with Crippen molar-refractivity contribution in [2.24, 2.45) is 0 Å². The van der Waals surface area contributed by atoms with E-state index in [4.69, 9.17) is 5.41 Å². The molecular weight excluding hydrogens is 649 g/mol. The van der Waals surface area contributed by atoms with Crippen LogP contribution in [0.4, 0.5) is 22.7 Å². The third-order valence-electron chi connectivity index (χ3n) is 9.48. The molecule has 6 heteroatoms. The lowest BCUT2D eigenvalue weighted by molar-refractivity contribution is 0.746. The van der Waals surface area contributed by atoms with Gasteiger partial charge in [-0.3, -0.25) is 10.8 Å². The van der Waals surface area contributed by atoms with Crippen molar-refractivity contribution >= 4 is 45.4 Å². The van der Waals surface area contributed by atoms with Gasteiger partial charge >= 0.3 is 0 Å². The zero-order valence-electron chi connectivity index (χ0n) is 34.0. The Morgan fingerprint density at radius 2 is 0.868 bits per heavy atom. The zero-order chi connectivity index (χ0) is 38.8. The van der Waals surface area contributed by atoms with Gasteiger partial charge in [-0.2, -0.15) is 0 Å². The van der Waals surface area contributed by atoms with Gasteiger partial charge < -0.3 is 19.6 Å². The standard InChI is InChI=1S/C25H31N3.C22H31N3/c1-6-20-11-9-14-22(17-20)27(18(2)3)25(26)28(19(4)5)24-16-10-13-21-12-7-8-15-23(21)24;1-7-19-11-9-13-21(15-19)25(17(4)5)22(23)24(16(2)3)20-12-8-10-18(6)14-20/h7-19,26H,6H2,1-5H3;8-17,23H,7H2,1-6H3. The first-order valence-corrected chi connectivity index (χ1v) is 19.3. The minimum Gasteiger partial charge on any atom is -0.310 e. The molecule has 5 aromatic carbocycles. The van der Waals surface area contributed by atoms with Crippen LogP contribution in [0.3, 0.4) is 0 Å². The molecule has 0 spiro atoms. The van der Waals surface area contributed by atoms with Gasteiger partial charge in [0.25, 0.3) is 0 Å². The Balaban J connectivity index is 0.000000238. The molecule has 280 valence electrons. The minimum absolute atomic E-state index is 0.161. The van der Waals surface area contributed by atoms with E-state index in [-0.39, 0.29) is 24.2 Å². The summed E-state index contributed by atoms with van der Waals surface area (Å²) in [6.07, 6.45) is 1.99. The number of benzene rings is 5. The number of rotatable bonds is 10.